The van der Waals surface area contributed by atoms with Crippen LogP contribution < -0.4 is 5.32 Å². The summed E-state index contributed by atoms with van der Waals surface area (Å²) in [6, 6.07) is 4.09. The first-order valence-electron chi connectivity index (χ1n) is 6.19. The van der Waals surface area contributed by atoms with E-state index in [0.717, 1.165) is 32.5 Å². The Morgan fingerprint density at radius 1 is 1.47 bits per heavy atom. The summed E-state index contributed by atoms with van der Waals surface area (Å²) < 4.78 is 0. The van der Waals surface area contributed by atoms with Gasteiger partial charge >= 0.3 is 0 Å². The fourth-order valence-electron chi connectivity index (χ4n) is 2.38. The quantitative estimate of drug-likeness (QED) is 0.803. The molecule has 1 aromatic heterocycles. The summed E-state index contributed by atoms with van der Waals surface area (Å²) in [5.74, 6) is 0. The predicted molar refractivity (Wildman–Crippen MR) is 67.6 cm³/mol. The zero-order valence-electron chi connectivity index (χ0n) is 10.4. The predicted octanol–water partition coefficient (Wildman–Crippen LogP) is 0.628. The van der Waals surface area contributed by atoms with Crippen molar-refractivity contribution in [2.75, 3.05) is 26.7 Å². The average molecular weight is 235 g/mol. The van der Waals surface area contributed by atoms with E-state index in [4.69, 9.17) is 0 Å². The monoisotopic (exact) mass is 235 g/mol. The van der Waals surface area contributed by atoms with Gasteiger partial charge in [-0.25, -0.2) is 0 Å². The number of hydrogen-bond donors (Lipinski definition) is 2. The fraction of sp³-hybridized carbons (Fsp3) is 0.615. The molecule has 4 nitrogen and oxygen atoms in total. The first kappa shape index (κ1) is 12.5. The molecule has 2 N–H and O–H groups in total. The van der Waals surface area contributed by atoms with E-state index in [2.05, 4.69) is 21.3 Å². The molecule has 0 unspecified atom stereocenters. The minimum Gasteiger partial charge on any atom is -0.394 e. The highest BCUT2D eigenvalue weighted by atomic mass is 16.3. The van der Waals surface area contributed by atoms with Crippen molar-refractivity contribution in [3.63, 3.8) is 0 Å². The van der Waals surface area contributed by atoms with Crippen LogP contribution in [0.1, 0.15) is 18.4 Å². The van der Waals surface area contributed by atoms with Crippen molar-refractivity contribution in [1.82, 2.24) is 15.2 Å². The maximum atomic E-state index is 9.43. The van der Waals surface area contributed by atoms with Crippen molar-refractivity contribution in [1.29, 1.82) is 0 Å². The molecule has 4 heteroatoms. The topological polar surface area (TPSA) is 48.4 Å². The number of hydrogen-bond acceptors (Lipinski definition) is 4. The lowest BCUT2D eigenvalue weighted by Gasteiger charge is -2.40. The van der Waals surface area contributed by atoms with Gasteiger partial charge in [0.15, 0.2) is 0 Å². The Kier molecular flexibility index (Phi) is 4.10. The second-order valence-electron chi connectivity index (χ2n) is 4.83. The maximum Gasteiger partial charge on any atom is 0.0614 e. The molecule has 0 spiro atoms. The Hall–Kier alpha value is -0.970. The Balaban J connectivity index is 1.87. The summed E-state index contributed by atoms with van der Waals surface area (Å²) in [5.41, 5.74) is 1.19. The summed E-state index contributed by atoms with van der Waals surface area (Å²) in [4.78, 5) is 6.55. The van der Waals surface area contributed by atoms with Gasteiger partial charge in [0, 0.05) is 37.6 Å². The van der Waals surface area contributed by atoms with Crippen LogP contribution in [-0.2, 0) is 6.54 Å². The molecule has 1 aliphatic rings. The molecule has 0 saturated carbocycles. The van der Waals surface area contributed by atoms with Crippen molar-refractivity contribution >= 4 is 0 Å². The second kappa shape index (κ2) is 5.58. The highest BCUT2D eigenvalue weighted by Gasteiger charge is 2.32. The smallest absolute Gasteiger partial charge is 0.0614 e. The first-order valence-corrected chi connectivity index (χ1v) is 6.19. The first-order chi connectivity index (χ1) is 8.28. The lowest BCUT2D eigenvalue weighted by molar-refractivity contribution is 0.0811. The summed E-state index contributed by atoms with van der Waals surface area (Å²) in [5, 5.41) is 12.7. The van der Waals surface area contributed by atoms with Gasteiger partial charge in [-0.1, -0.05) is 6.07 Å². The van der Waals surface area contributed by atoms with Crippen molar-refractivity contribution in [3.05, 3.63) is 30.1 Å². The molecule has 94 valence electrons. The largest absolute Gasteiger partial charge is 0.394 e. The standard InChI is InChI=1S/C13H21N3O/c1-14-13(11-17)4-7-16(8-5-13)10-12-3-2-6-15-9-12/h2-3,6,9,14,17H,4-5,7-8,10-11H2,1H3. The zero-order valence-corrected chi connectivity index (χ0v) is 10.4. The molecular weight excluding hydrogens is 214 g/mol. The number of aliphatic hydroxyl groups is 1. The number of pyridine rings is 1. The molecule has 0 aliphatic carbocycles. The molecule has 0 aromatic carbocycles. The normalized spacial score (nSPS) is 20.4. The van der Waals surface area contributed by atoms with E-state index in [1.165, 1.54) is 5.56 Å². The number of aromatic nitrogens is 1. The molecule has 1 fully saturated rings. The second-order valence-corrected chi connectivity index (χ2v) is 4.83. The van der Waals surface area contributed by atoms with E-state index < -0.39 is 0 Å². The van der Waals surface area contributed by atoms with Crippen LogP contribution in [0.5, 0.6) is 0 Å². The minimum atomic E-state index is -0.0640. The number of rotatable bonds is 4. The Morgan fingerprint density at radius 2 is 2.24 bits per heavy atom. The molecule has 1 aliphatic heterocycles. The van der Waals surface area contributed by atoms with Crippen LogP contribution in [-0.4, -0.2) is 47.3 Å². The van der Waals surface area contributed by atoms with Crippen LogP contribution in [0.4, 0.5) is 0 Å². The van der Waals surface area contributed by atoms with Crippen LogP contribution in [0.3, 0.4) is 0 Å². The van der Waals surface area contributed by atoms with Gasteiger partial charge in [-0.2, -0.15) is 0 Å². The van der Waals surface area contributed by atoms with Gasteiger partial charge < -0.3 is 10.4 Å². The van der Waals surface area contributed by atoms with E-state index in [1.54, 1.807) is 6.20 Å². The third-order valence-electron chi connectivity index (χ3n) is 3.78. The Labute approximate surface area is 103 Å². The van der Waals surface area contributed by atoms with Crippen molar-refractivity contribution in [2.45, 2.75) is 24.9 Å². The van der Waals surface area contributed by atoms with Gasteiger partial charge in [-0.05, 0) is 31.5 Å². The van der Waals surface area contributed by atoms with Gasteiger partial charge in [0.1, 0.15) is 0 Å². The van der Waals surface area contributed by atoms with E-state index in [9.17, 15) is 5.11 Å². The van der Waals surface area contributed by atoms with Crippen LogP contribution in [0.25, 0.3) is 0 Å². The van der Waals surface area contributed by atoms with Gasteiger partial charge in [0.05, 0.1) is 6.61 Å². The highest BCUT2D eigenvalue weighted by molar-refractivity contribution is 5.08. The third kappa shape index (κ3) is 3.03. The average Bonchev–Trinajstić information content (AvgIpc) is 2.41. The summed E-state index contributed by atoms with van der Waals surface area (Å²) in [6.45, 7) is 3.23. The minimum absolute atomic E-state index is 0.0640. The van der Waals surface area contributed by atoms with Crippen LogP contribution >= 0.6 is 0 Å². The SMILES string of the molecule is CNC1(CO)CCN(Cc2cccnc2)CC1. The maximum absolute atomic E-state index is 9.43. The van der Waals surface area contributed by atoms with Gasteiger partial charge in [0.25, 0.3) is 0 Å². The molecular formula is C13H21N3O. The van der Waals surface area contributed by atoms with Crippen molar-refractivity contribution < 1.29 is 5.11 Å². The highest BCUT2D eigenvalue weighted by Crippen LogP contribution is 2.22. The number of nitrogens with zero attached hydrogens (tertiary/aromatic N) is 2. The number of likely N-dealkylation sites (N-methyl/N-ethyl adjacent to an activating group) is 1. The number of aliphatic hydroxyl groups excluding tert-OH is 1. The molecule has 2 heterocycles. The van der Waals surface area contributed by atoms with Gasteiger partial charge in [-0.15, -0.1) is 0 Å². The number of nitrogens with one attached hydrogen (secondary N) is 1. The van der Waals surface area contributed by atoms with Crippen molar-refractivity contribution in [3.8, 4) is 0 Å². The molecule has 2 rings (SSSR count). The Bertz CT molecular complexity index is 328. The van der Waals surface area contributed by atoms with E-state index >= 15 is 0 Å². The molecule has 1 saturated heterocycles. The van der Waals surface area contributed by atoms with E-state index in [0.29, 0.717) is 0 Å². The van der Waals surface area contributed by atoms with Crippen LogP contribution in [0.15, 0.2) is 24.5 Å². The molecule has 1 aromatic rings. The summed E-state index contributed by atoms with van der Waals surface area (Å²) >= 11 is 0. The molecule has 0 amide bonds. The van der Waals surface area contributed by atoms with Crippen LogP contribution in [0.2, 0.25) is 0 Å². The fourth-order valence-corrected chi connectivity index (χ4v) is 2.38. The molecule has 0 radical (unpaired) electrons. The van der Waals surface area contributed by atoms with Gasteiger partial charge in [0.2, 0.25) is 0 Å². The third-order valence-corrected chi connectivity index (χ3v) is 3.78. The summed E-state index contributed by atoms with van der Waals surface area (Å²) in [7, 11) is 1.94. The van der Waals surface area contributed by atoms with E-state index in [1.807, 2.05) is 19.3 Å². The van der Waals surface area contributed by atoms with E-state index in [-0.39, 0.29) is 12.1 Å². The van der Waals surface area contributed by atoms with Crippen LogP contribution in [0, 0.1) is 0 Å². The lowest BCUT2D eigenvalue weighted by Crippen LogP contribution is -2.54. The zero-order chi connectivity index (χ0) is 12.1. The summed E-state index contributed by atoms with van der Waals surface area (Å²) in [6.07, 6.45) is 5.73. The van der Waals surface area contributed by atoms with Crippen molar-refractivity contribution in [2.24, 2.45) is 0 Å². The van der Waals surface area contributed by atoms with Gasteiger partial charge in [-0.3, -0.25) is 9.88 Å². The molecule has 0 atom stereocenters. The number of piperidine rings is 1. The lowest BCUT2D eigenvalue weighted by atomic mass is 9.88. The molecule has 0 bridgehead atoms. The number of likely N-dealkylation sites (tertiary alicyclic amines) is 1. The Morgan fingerprint density at radius 3 is 2.76 bits per heavy atom. The molecule has 17 heavy (non-hydrogen) atoms.